The van der Waals surface area contributed by atoms with Crippen molar-refractivity contribution in [3.8, 4) is 0 Å². The number of anilines is 2. The van der Waals surface area contributed by atoms with E-state index in [1.807, 2.05) is 48.2 Å². The number of fused-ring (bicyclic) bond motifs is 1. The number of piperazine rings is 1. The number of likely N-dealkylation sites (N-methyl/N-ethyl adjacent to an activating group) is 1. The monoisotopic (exact) mass is 542 g/mol. The molecule has 0 radical (unpaired) electrons. The number of nitro groups is 1. The number of para-hydroxylation sites is 1. The molecule has 2 aliphatic rings. The summed E-state index contributed by atoms with van der Waals surface area (Å²) in [5, 5.41) is 11.2. The van der Waals surface area contributed by atoms with Crippen LogP contribution in [0.2, 0.25) is 0 Å². The molecule has 0 spiro atoms. The molecule has 0 N–H and O–H groups in total. The summed E-state index contributed by atoms with van der Waals surface area (Å²) in [6, 6.07) is 25.2. The fraction of sp³-hybridized carbons (Fsp3) is 0.321. The number of halogens is 2. The zero-order valence-electron chi connectivity index (χ0n) is 20.8. The lowest BCUT2D eigenvalue weighted by atomic mass is 9.72. The summed E-state index contributed by atoms with van der Waals surface area (Å²) in [5.74, 6) is 0.155. The van der Waals surface area contributed by atoms with Gasteiger partial charge < -0.3 is 9.80 Å². The molecule has 7 nitrogen and oxygen atoms in total. The van der Waals surface area contributed by atoms with E-state index in [0.717, 1.165) is 55.2 Å². The van der Waals surface area contributed by atoms with E-state index in [2.05, 4.69) is 34.1 Å². The fourth-order valence-corrected chi connectivity index (χ4v) is 5.59. The summed E-state index contributed by atoms with van der Waals surface area (Å²) in [6.45, 7) is 6.77. The zero-order chi connectivity index (χ0) is 24.4. The number of nitro benzene ring substituents is 1. The van der Waals surface area contributed by atoms with Gasteiger partial charge in [0, 0.05) is 56.2 Å². The molecule has 1 saturated heterocycles. The predicted octanol–water partition coefficient (Wildman–Crippen LogP) is 5.30. The number of benzene rings is 3. The second-order valence-electron chi connectivity index (χ2n) is 9.19. The molecule has 1 unspecified atom stereocenters. The van der Waals surface area contributed by atoms with Crippen molar-refractivity contribution in [3.63, 3.8) is 0 Å². The van der Waals surface area contributed by atoms with Gasteiger partial charge in [-0.2, -0.15) is 0 Å². The molecule has 1 fully saturated rings. The van der Waals surface area contributed by atoms with Crippen molar-refractivity contribution in [2.45, 2.75) is 18.8 Å². The quantitative estimate of drug-likeness (QED) is 0.299. The van der Waals surface area contributed by atoms with Gasteiger partial charge in [0.2, 0.25) is 5.91 Å². The van der Waals surface area contributed by atoms with Crippen LogP contribution in [0.1, 0.15) is 24.5 Å². The molecule has 2 aliphatic heterocycles. The third-order valence-corrected chi connectivity index (χ3v) is 7.43. The van der Waals surface area contributed by atoms with E-state index in [1.54, 1.807) is 12.1 Å². The van der Waals surface area contributed by atoms with Gasteiger partial charge in [0.15, 0.2) is 0 Å². The number of nitrogens with zero attached hydrogens (tertiary/aromatic N) is 4. The van der Waals surface area contributed by atoms with Gasteiger partial charge in [0.25, 0.3) is 5.69 Å². The fourth-order valence-electron chi connectivity index (χ4n) is 5.59. The normalized spacial score (nSPS) is 19.1. The molecule has 1 atom stereocenters. The number of carbonyl (C=O) groups excluding carboxylic acids is 1. The minimum atomic E-state index is -0.689. The average molecular weight is 543 g/mol. The average Bonchev–Trinajstić information content (AvgIpc) is 3.16. The minimum absolute atomic E-state index is 0. The largest absolute Gasteiger partial charge is 0.369 e. The minimum Gasteiger partial charge on any atom is -0.369 e. The van der Waals surface area contributed by atoms with Crippen molar-refractivity contribution in [1.82, 2.24) is 4.90 Å². The maximum Gasteiger partial charge on any atom is 0.271 e. The Balaban J connectivity index is 0.00000190. The molecule has 5 rings (SSSR count). The van der Waals surface area contributed by atoms with E-state index in [4.69, 9.17) is 0 Å². The van der Waals surface area contributed by atoms with Crippen molar-refractivity contribution in [2.75, 3.05) is 49.1 Å². The third kappa shape index (κ3) is 5.17. The number of non-ortho nitro benzene ring substituents is 1. The van der Waals surface area contributed by atoms with Gasteiger partial charge in [-0.25, -0.2) is 0 Å². The molecule has 0 bridgehead atoms. The summed E-state index contributed by atoms with van der Waals surface area (Å²) < 4.78 is 0. The first-order valence-corrected chi connectivity index (χ1v) is 12.2. The van der Waals surface area contributed by atoms with Crippen LogP contribution < -0.4 is 9.80 Å². The first-order valence-electron chi connectivity index (χ1n) is 12.2. The molecule has 37 heavy (non-hydrogen) atoms. The van der Waals surface area contributed by atoms with Crippen molar-refractivity contribution < 1.29 is 9.72 Å². The van der Waals surface area contributed by atoms with Crippen LogP contribution in [-0.2, 0) is 10.2 Å². The SMILES string of the molecule is CCN1C(=O)C(CCN2CCN(c3cccc([N+](=O)[O-])c3)CC2)(c2ccccc2)c2ccccc21.Cl.Cl. The number of carbonyl (C=O) groups is 1. The van der Waals surface area contributed by atoms with Gasteiger partial charge in [-0.15, -0.1) is 24.8 Å². The number of hydrogen-bond donors (Lipinski definition) is 0. The standard InChI is InChI=1S/C28H30N4O3.2ClH/c1-2-31-26-14-7-6-13-25(26)28(27(31)33,22-9-4-3-5-10-22)15-16-29-17-19-30(20-18-29)23-11-8-12-24(21-23)32(34)35;;/h3-14,21H,2,15-20H2,1H3;2*1H. The Labute approximate surface area is 230 Å². The van der Waals surface area contributed by atoms with Crippen LogP contribution in [-0.4, -0.2) is 55.0 Å². The number of rotatable bonds is 7. The van der Waals surface area contributed by atoms with Crippen LogP contribution in [0.3, 0.4) is 0 Å². The molecule has 2 heterocycles. The Morgan fingerprint density at radius 2 is 1.57 bits per heavy atom. The Morgan fingerprint density at radius 3 is 2.24 bits per heavy atom. The Kier molecular flexibility index (Phi) is 9.18. The topological polar surface area (TPSA) is 69.9 Å². The molecule has 0 saturated carbocycles. The summed E-state index contributed by atoms with van der Waals surface area (Å²) in [6.07, 6.45) is 0.709. The number of amides is 1. The predicted molar refractivity (Wildman–Crippen MR) is 153 cm³/mol. The Hall–Kier alpha value is -3.13. The summed E-state index contributed by atoms with van der Waals surface area (Å²) in [4.78, 5) is 31.3. The third-order valence-electron chi connectivity index (χ3n) is 7.43. The molecule has 9 heteroatoms. The molecular formula is C28H32Cl2N4O3. The van der Waals surface area contributed by atoms with E-state index < -0.39 is 5.41 Å². The molecule has 3 aromatic rings. The second-order valence-corrected chi connectivity index (χ2v) is 9.19. The highest BCUT2D eigenvalue weighted by Gasteiger charge is 2.51. The maximum atomic E-state index is 14.0. The van der Waals surface area contributed by atoms with Gasteiger partial charge in [0.05, 0.1) is 4.92 Å². The lowest BCUT2D eigenvalue weighted by Gasteiger charge is -2.38. The molecule has 3 aromatic carbocycles. The molecular weight excluding hydrogens is 511 g/mol. The lowest BCUT2D eigenvalue weighted by Crippen LogP contribution is -2.49. The number of hydrogen-bond acceptors (Lipinski definition) is 5. The van der Waals surface area contributed by atoms with E-state index in [0.29, 0.717) is 13.0 Å². The van der Waals surface area contributed by atoms with Crippen molar-refractivity contribution in [3.05, 3.63) is 100 Å². The van der Waals surface area contributed by atoms with Crippen LogP contribution in [0.4, 0.5) is 17.1 Å². The smallest absolute Gasteiger partial charge is 0.271 e. The van der Waals surface area contributed by atoms with Crippen LogP contribution in [0, 0.1) is 10.1 Å². The maximum absolute atomic E-state index is 14.0. The van der Waals surface area contributed by atoms with Crippen LogP contribution in [0.25, 0.3) is 0 Å². The van der Waals surface area contributed by atoms with Gasteiger partial charge in [-0.05, 0) is 43.1 Å². The van der Waals surface area contributed by atoms with E-state index in [1.165, 1.54) is 6.07 Å². The lowest BCUT2D eigenvalue weighted by molar-refractivity contribution is -0.384. The Morgan fingerprint density at radius 1 is 0.892 bits per heavy atom. The van der Waals surface area contributed by atoms with Gasteiger partial charge >= 0.3 is 0 Å². The highest BCUT2D eigenvalue weighted by atomic mass is 35.5. The first-order chi connectivity index (χ1) is 17.0. The molecule has 196 valence electrons. The summed E-state index contributed by atoms with van der Waals surface area (Å²) >= 11 is 0. The van der Waals surface area contributed by atoms with Crippen molar-refractivity contribution in [2.24, 2.45) is 0 Å². The summed E-state index contributed by atoms with van der Waals surface area (Å²) in [5.41, 5.74) is 3.47. The highest BCUT2D eigenvalue weighted by Crippen LogP contribution is 2.48. The first kappa shape index (κ1) is 28.4. The van der Waals surface area contributed by atoms with Gasteiger partial charge in [0.1, 0.15) is 5.41 Å². The highest BCUT2D eigenvalue weighted by molar-refractivity contribution is 6.10. The molecule has 0 aliphatic carbocycles. The van der Waals surface area contributed by atoms with Crippen LogP contribution in [0.15, 0.2) is 78.9 Å². The van der Waals surface area contributed by atoms with Crippen molar-refractivity contribution in [1.29, 1.82) is 0 Å². The van der Waals surface area contributed by atoms with Gasteiger partial charge in [-0.1, -0.05) is 54.6 Å². The van der Waals surface area contributed by atoms with E-state index in [9.17, 15) is 14.9 Å². The van der Waals surface area contributed by atoms with Gasteiger partial charge in [-0.3, -0.25) is 19.8 Å². The van der Waals surface area contributed by atoms with E-state index >= 15 is 0 Å². The second kappa shape index (κ2) is 11.9. The summed E-state index contributed by atoms with van der Waals surface area (Å²) in [7, 11) is 0. The van der Waals surface area contributed by atoms with Crippen molar-refractivity contribution >= 4 is 47.8 Å². The van der Waals surface area contributed by atoms with Crippen LogP contribution in [0.5, 0.6) is 0 Å². The van der Waals surface area contributed by atoms with Crippen LogP contribution >= 0.6 is 24.8 Å². The zero-order valence-corrected chi connectivity index (χ0v) is 22.4. The molecule has 1 amide bonds. The van der Waals surface area contributed by atoms with E-state index in [-0.39, 0.29) is 41.3 Å². The Bertz CT molecular complexity index is 1230. The molecule has 0 aromatic heterocycles.